The summed E-state index contributed by atoms with van der Waals surface area (Å²) < 4.78 is 4.78. The van der Waals surface area contributed by atoms with E-state index in [4.69, 9.17) is 4.74 Å². The Morgan fingerprint density at radius 2 is 2.00 bits per heavy atom. The highest BCUT2D eigenvalue weighted by Crippen LogP contribution is 2.27. The van der Waals surface area contributed by atoms with Gasteiger partial charge in [0.1, 0.15) is 5.69 Å². The van der Waals surface area contributed by atoms with Crippen LogP contribution in [-0.2, 0) is 4.74 Å². The van der Waals surface area contributed by atoms with Crippen LogP contribution in [0.4, 0.5) is 0 Å². The maximum Gasteiger partial charge on any atom is 0.337 e. The van der Waals surface area contributed by atoms with Crippen molar-refractivity contribution in [1.82, 2.24) is 20.2 Å². The van der Waals surface area contributed by atoms with Gasteiger partial charge in [-0.25, -0.2) is 9.78 Å². The third-order valence-electron chi connectivity index (χ3n) is 3.85. The smallest absolute Gasteiger partial charge is 0.337 e. The molecule has 0 aliphatic heterocycles. The fraction of sp³-hybridized carbons (Fsp3) is 0.118. The molecule has 0 saturated heterocycles. The number of esters is 1. The van der Waals surface area contributed by atoms with Gasteiger partial charge >= 0.3 is 5.97 Å². The topological polar surface area (TPSA) is 83.7 Å². The molecule has 0 spiro atoms. The van der Waals surface area contributed by atoms with E-state index in [1.165, 1.54) is 7.11 Å². The standard InChI is InChI=1S/C17H14N4O2/c1-9-3-5-13-14(7-9)19-16(18-13)15-11-8-10(17(22)23-2)4-6-12(11)20-21-15/h3-8H,1-2H3,(H,18,19)(H,20,21). The first-order valence-corrected chi connectivity index (χ1v) is 7.19. The molecule has 0 fully saturated rings. The summed E-state index contributed by atoms with van der Waals surface area (Å²) in [5.41, 5.74) is 5.00. The van der Waals surface area contributed by atoms with Crippen molar-refractivity contribution >= 4 is 27.9 Å². The van der Waals surface area contributed by atoms with Crippen molar-refractivity contribution in [2.75, 3.05) is 7.11 Å². The second-order valence-electron chi connectivity index (χ2n) is 5.43. The number of hydrogen-bond acceptors (Lipinski definition) is 4. The summed E-state index contributed by atoms with van der Waals surface area (Å²) in [6.07, 6.45) is 0. The van der Waals surface area contributed by atoms with Gasteiger partial charge in [-0.3, -0.25) is 5.10 Å². The van der Waals surface area contributed by atoms with E-state index in [2.05, 4.69) is 20.2 Å². The number of carbonyl (C=O) groups is 1. The van der Waals surface area contributed by atoms with Crippen molar-refractivity contribution in [3.05, 3.63) is 47.5 Å². The van der Waals surface area contributed by atoms with Crippen molar-refractivity contribution in [2.45, 2.75) is 6.92 Å². The number of imidazole rings is 1. The molecule has 0 aliphatic carbocycles. The highest BCUT2D eigenvalue weighted by Gasteiger charge is 2.15. The average molecular weight is 306 g/mol. The maximum atomic E-state index is 11.7. The first-order chi connectivity index (χ1) is 11.2. The van der Waals surface area contributed by atoms with Gasteiger partial charge in [0.15, 0.2) is 5.82 Å². The Bertz CT molecular complexity index is 1050. The van der Waals surface area contributed by atoms with Crippen LogP contribution in [0.3, 0.4) is 0 Å². The van der Waals surface area contributed by atoms with Gasteiger partial charge in [0.2, 0.25) is 0 Å². The molecule has 0 bridgehead atoms. The van der Waals surface area contributed by atoms with Gasteiger partial charge < -0.3 is 9.72 Å². The summed E-state index contributed by atoms with van der Waals surface area (Å²) in [5, 5.41) is 8.13. The van der Waals surface area contributed by atoms with Crippen molar-refractivity contribution in [3.63, 3.8) is 0 Å². The lowest BCUT2D eigenvalue weighted by Crippen LogP contribution is -2.00. The molecule has 23 heavy (non-hydrogen) atoms. The molecule has 0 amide bonds. The summed E-state index contributed by atoms with van der Waals surface area (Å²) in [6, 6.07) is 11.3. The Hall–Kier alpha value is -3.15. The van der Waals surface area contributed by atoms with E-state index in [0.717, 1.165) is 27.5 Å². The van der Waals surface area contributed by atoms with Crippen LogP contribution in [-0.4, -0.2) is 33.2 Å². The molecule has 2 N–H and O–H groups in total. The van der Waals surface area contributed by atoms with Gasteiger partial charge in [-0.15, -0.1) is 0 Å². The quantitative estimate of drug-likeness (QED) is 0.557. The van der Waals surface area contributed by atoms with E-state index < -0.39 is 0 Å². The van der Waals surface area contributed by atoms with Gasteiger partial charge in [0, 0.05) is 5.39 Å². The fourth-order valence-electron chi connectivity index (χ4n) is 2.67. The van der Waals surface area contributed by atoms with E-state index in [0.29, 0.717) is 17.1 Å². The van der Waals surface area contributed by atoms with Crippen LogP contribution in [0.25, 0.3) is 33.5 Å². The Kier molecular flexibility index (Phi) is 2.90. The van der Waals surface area contributed by atoms with Crippen molar-refractivity contribution in [1.29, 1.82) is 0 Å². The average Bonchev–Trinajstić information content (AvgIpc) is 3.16. The molecule has 2 aromatic heterocycles. The van der Waals surface area contributed by atoms with Crippen LogP contribution in [0, 0.1) is 6.92 Å². The van der Waals surface area contributed by atoms with Crippen LogP contribution in [0.5, 0.6) is 0 Å². The molecule has 114 valence electrons. The molecule has 6 nitrogen and oxygen atoms in total. The SMILES string of the molecule is COC(=O)c1ccc2[nH]nc(-c3nc4ccc(C)cc4[nH]3)c2c1. The zero-order valence-electron chi connectivity index (χ0n) is 12.7. The lowest BCUT2D eigenvalue weighted by Gasteiger charge is -1.99. The largest absolute Gasteiger partial charge is 0.465 e. The van der Waals surface area contributed by atoms with Crippen LogP contribution < -0.4 is 0 Å². The summed E-state index contributed by atoms with van der Waals surface area (Å²) in [4.78, 5) is 19.6. The molecular formula is C17H14N4O2. The monoisotopic (exact) mass is 306 g/mol. The first kappa shape index (κ1) is 13.5. The number of hydrogen-bond donors (Lipinski definition) is 2. The summed E-state index contributed by atoms with van der Waals surface area (Å²) in [6.45, 7) is 2.03. The highest BCUT2D eigenvalue weighted by atomic mass is 16.5. The Balaban J connectivity index is 1.91. The minimum atomic E-state index is -0.376. The summed E-state index contributed by atoms with van der Waals surface area (Å²) in [5.74, 6) is 0.290. The third-order valence-corrected chi connectivity index (χ3v) is 3.85. The molecule has 0 radical (unpaired) electrons. The molecule has 4 rings (SSSR count). The predicted octanol–water partition coefficient (Wildman–Crippen LogP) is 3.20. The Morgan fingerprint density at radius 1 is 1.13 bits per heavy atom. The van der Waals surface area contributed by atoms with Crippen molar-refractivity contribution in [2.24, 2.45) is 0 Å². The second kappa shape index (κ2) is 4.95. The van der Waals surface area contributed by atoms with Gasteiger partial charge in [-0.05, 0) is 42.8 Å². The minimum absolute atomic E-state index is 0.376. The van der Waals surface area contributed by atoms with Gasteiger partial charge in [0.25, 0.3) is 0 Å². The van der Waals surface area contributed by atoms with Crippen LogP contribution in [0.15, 0.2) is 36.4 Å². The van der Waals surface area contributed by atoms with Gasteiger partial charge in [-0.2, -0.15) is 5.10 Å². The molecule has 0 unspecified atom stereocenters. The molecular weight excluding hydrogens is 292 g/mol. The van der Waals surface area contributed by atoms with Crippen molar-refractivity contribution < 1.29 is 9.53 Å². The zero-order chi connectivity index (χ0) is 16.0. The molecule has 0 aliphatic rings. The van der Waals surface area contributed by atoms with Crippen LogP contribution in [0.2, 0.25) is 0 Å². The Morgan fingerprint density at radius 3 is 2.83 bits per heavy atom. The summed E-state index contributed by atoms with van der Waals surface area (Å²) in [7, 11) is 1.37. The predicted molar refractivity (Wildman–Crippen MR) is 87.3 cm³/mol. The highest BCUT2D eigenvalue weighted by molar-refractivity contribution is 5.99. The number of aryl methyl sites for hydroxylation is 1. The van der Waals surface area contributed by atoms with E-state index >= 15 is 0 Å². The maximum absolute atomic E-state index is 11.7. The zero-order valence-corrected chi connectivity index (χ0v) is 12.7. The number of aromatic amines is 2. The second-order valence-corrected chi connectivity index (χ2v) is 5.43. The molecule has 0 saturated carbocycles. The van der Waals surface area contributed by atoms with E-state index in [9.17, 15) is 4.79 Å². The number of H-pyrrole nitrogens is 2. The number of carbonyl (C=O) groups excluding carboxylic acids is 1. The number of rotatable bonds is 2. The number of ether oxygens (including phenoxy) is 1. The fourth-order valence-corrected chi connectivity index (χ4v) is 2.67. The number of fused-ring (bicyclic) bond motifs is 2. The molecule has 4 aromatic rings. The number of nitrogens with one attached hydrogen (secondary N) is 2. The number of nitrogens with zero attached hydrogens (tertiary/aromatic N) is 2. The summed E-state index contributed by atoms with van der Waals surface area (Å²) >= 11 is 0. The van der Waals surface area contributed by atoms with E-state index in [-0.39, 0.29) is 5.97 Å². The van der Waals surface area contributed by atoms with Crippen LogP contribution in [0.1, 0.15) is 15.9 Å². The molecule has 2 heterocycles. The molecule has 2 aromatic carbocycles. The third kappa shape index (κ3) is 2.15. The Labute approximate surface area is 131 Å². The number of methoxy groups -OCH3 is 1. The van der Waals surface area contributed by atoms with Crippen LogP contribution >= 0.6 is 0 Å². The van der Waals surface area contributed by atoms with Gasteiger partial charge in [0.05, 0.1) is 29.2 Å². The number of benzene rings is 2. The van der Waals surface area contributed by atoms with Crippen molar-refractivity contribution in [3.8, 4) is 11.5 Å². The molecule has 6 heteroatoms. The minimum Gasteiger partial charge on any atom is -0.465 e. The molecule has 0 atom stereocenters. The normalized spacial score (nSPS) is 11.2. The lowest BCUT2D eigenvalue weighted by atomic mass is 10.1. The van der Waals surface area contributed by atoms with Gasteiger partial charge in [-0.1, -0.05) is 6.07 Å². The first-order valence-electron chi connectivity index (χ1n) is 7.19. The van der Waals surface area contributed by atoms with E-state index in [1.807, 2.05) is 31.2 Å². The number of aromatic nitrogens is 4. The lowest BCUT2D eigenvalue weighted by molar-refractivity contribution is 0.0601. The van der Waals surface area contributed by atoms with E-state index in [1.54, 1.807) is 12.1 Å².